The molecule has 98 valence electrons. The first-order chi connectivity index (χ1) is 7.79. The fourth-order valence-corrected chi connectivity index (χ4v) is 1.13. The predicted octanol–water partition coefficient (Wildman–Crippen LogP) is -0.0437. The SMILES string of the molecule is COC(=O)C(C)NC(=O)N[C@H](C(=O)O)C(C)C. The van der Waals surface area contributed by atoms with Gasteiger partial charge < -0.3 is 20.5 Å². The van der Waals surface area contributed by atoms with Gasteiger partial charge >= 0.3 is 18.0 Å². The summed E-state index contributed by atoms with van der Waals surface area (Å²) < 4.78 is 4.42. The Morgan fingerprint density at radius 2 is 1.65 bits per heavy atom. The van der Waals surface area contributed by atoms with Gasteiger partial charge in [-0.2, -0.15) is 0 Å². The molecule has 0 saturated carbocycles. The molecule has 0 rings (SSSR count). The molecule has 7 heteroatoms. The van der Waals surface area contributed by atoms with Crippen molar-refractivity contribution < 1.29 is 24.2 Å². The number of urea groups is 1. The van der Waals surface area contributed by atoms with E-state index in [4.69, 9.17) is 5.11 Å². The number of ether oxygens (including phenoxy) is 1. The normalized spacial score (nSPS) is 13.7. The van der Waals surface area contributed by atoms with Gasteiger partial charge in [-0.3, -0.25) is 0 Å². The van der Waals surface area contributed by atoms with E-state index in [0.29, 0.717) is 0 Å². The van der Waals surface area contributed by atoms with Gasteiger partial charge in [-0.25, -0.2) is 14.4 Å². The van der Waals surface area contributed by atoms with Crippen LogP contribution in [-0.2, 0) is 14.3 Å². The lowest BCUT2D eigenvalue weighted by Gasteiger charge is -2.19. The number of methoxy groups -OCH3 is 1. The van der Waals surface area contributed by atoms with E-state index in [2.05, 4.69) is 15.4 Å². The first kappa shape index (κ1) is 15.2. The molecule has 2 atom stereocenters. The molecule has 0 heterocycles. The minimum Gasteiger partial charge on any atom is -0.480 e. The van der Waals surface area contributed by atoms with Crippen molar-refractivity contribution in [2.75, 3.05) is 7.11 Å². The fraction of sp³-hybridized carbons (Fsp3) is 0.700. The Kier molecular flexibility index (Phi) is 6.01. The fourth-order valence-electron chi connectivity index (χ4n) is 1.13. The monoisotopic (exact) mass is 246 g/mol. The maximum absolute atomic E-state index is 11.4. The van der Waals surface area contributed by atoms with Crippen LogP contribution < -0.4 is 10.6 Å². The van der Waals surface area contributed by atoms with E-state index in [0.717, 1.165) is 0 Å². The molecule has 17 heavy (non-hydrogen) atoms. The van der Waals surface area contributed by atoms with E-state index in [1.54, 1.807) is 13.8 Å². The second kappa shape index (κ2) is 6.72. The maximum Gasteiger partial charge on any atom is 0.328 e. The molecule has 0 aromatic heterocycles. The summed E-state index contributed by atoms with van der Waals surface area (Å²) in [4.78, 5) is 33.2. The van der Waals surface area contributed by atoms with Gasteiger partial charge in [0.15, 0.2) is 0 Å². The van der Waals surface area contributed by atoms with Crippen molar-refractivity contribution >= 4 is 18.0 Å². The second-order valence-corrected chi connectivity index (χ2v) is 3.92. The van der Waals surface area contributed by atoms with Crippen molar-refractivity contribution in [3.8, 4) is 0 Å². The number of carboxylic acids is 1. The van der Waals surface area contributed by atoms with Gasteiger partial charge in [-0.05, 0) is 12.8 Å². The standard InChI is InChI=1S/C10H18N2O5/c1-5(2)7(8(13)14)12-10(16)11-6(3)9(15)17-4/h5-7H,1-4H3,(H,13,14)(H2,11,12,16)/t6?,7-/m0/s1. The van der Waals surface area contributed by atoms with E-state index < -0.39 is 30.1 Å². The number of hydrogen-bond donors (Lipinski definition) is 3. The number of nitrogens with one attached hydrogen (secondary N) is 2. The van der Waals surface area contributed by atoms with Crippen LogP contribution in [0.2, 0.25) is 0 Å². The Balaban J connectivity index is 4.34. The third-order valence-electron chi connectivity index (χ3n) is 2.12. The van der Waals surface area contributed by atoms with Crippen molar-refractivity contribution in [2.24, 2.45) is 5.92 Å². The molecule has 3 N–H and O–H groups in total. The number of aliphatic carboxylic acids is 1. The van der Waals surface area contributed by atoms with Crippen LogP contribution in [0.3, 0.4) is 0 Å². The first-order valence-corrected chi connectivity index (χ1v) is 5.17. The van der Waals surface area contributed by atoms with Crippen LogP contribution in [0.1, 0.15) is 20.8 Å². The Morgan fingerprint density at radius 1 is 1.12 bits per heavy atom. The molecule has 1 unspecified atom stereocenters. The molecule has 0 aliphatic carbocycles. The number of hydrogen-bond acceptors (Lipinski definition) is 4. The quantitative estimate of drug-likeness (QED) is 0.590. The molecule has 0 saturated heterocycles. The summed E-state index contributed by atoms with van der Waals surface area (Å²) in [6.45, 7) is 4.78. The second-order valence-electron chi connectivity index (χ2n) is 3.92. The average molecular weight is 246 g/mol. The van der Waals surface area contributed by atoms with Crippen LogP contribution in [0.25, 0.3) is 0 Å². The summed E-state index contributed by atoms with van der Waals surface area (Å²) in [7, 11) is 1.20. The number of carboxylic acid groups (broad SMARTS) is 1. The van der Waals surface area contributed by atoms with E-state index in [1.165, 1.54) is 14.0 Å². The zero-order valence-electron chi connectivity index (χ0n) is 10.3. The molecule has 0 bridgehead atoms. The summed E-state index contributed by atoms with van der Waals surface area (Å²) in [5.41, 5.74) is 0. The third kappa shape index (κ3) is 5.19. The van der Waals surface area contributed by atoms with E-state index >= 15 is 0 Å². The number of rotatable bonds is 5. The molecular formula is C10H18N2O5. The van der Waals surface area contributed by atoms with Gasteiger partial charge in [0, 0.05) is 0 Å². The van der Waals surface area contributed by atoms with Gasteiger partial charge in [-0.1, -0.05) is 13.8 Å². The molecule has 0 aliphatic rings. The molecule has 0 fully saturated rings. The Bertz CT molecular complexity index is 303. The Labute approximate surface area is 99.5 Å². The van der Waals surface area contributed by atoms with E-state index in [9.17, 15) is 14.4 Å². The van der Waals surface area contributed by atoms with Gasteiger partial charge in [-0.15, -0.1) is 0 Å². The molecule has 0 spiro atoms. The number of carbonyl (C=O) groups excluding carboxylic acids is 2. The summed E-state index contributed by atoms with van der Waals surface area (Å²) in [6.07, 6.45) is 0. The molecule has 0 aliphatic heterocycles. The van der Waals surface area contributed by atoms with E-state index in [-0.39, 0.29) is 5.92 Å². The third-order valence-corrected chi connectivity index (χ3v) is 2.12. The lowest BCUT2D eigenvalue weighted by atomic mass is 10.1. The first-order valence-electron chi connectivity index (χ1n) is 5.17. The topological polar surface area (TPSA) is 105 Å². The van der Waals surface area contributed by atoms with Crippen molar-refractivity contribution in [2.45, 2.75) is 32.9 Å². The smallest absolute Gasteiger partial charge is 0.328 e. The number of amides is 2. The summed E-state index contributed by atoms with van der Waals surface area (Å²) in [5, 5.41) is 13.4. The maximum atomic E-state index is 11.4. The summed E-state index contributed by atoms with van der Waals surface area (Å²) in [5.74, 6) is -1.98. The van der Waals surface area contributed by atoms with Crippen LogP contribution in [0.5, 0.6) is 0 Å². The van der Waals surface area contributed by atoms with Crippen LogP contribution in [0.4, 0.5) is 4.79 Å². The Hall–Kier alpha value is -1.79. The minimum absolute atomic E-state index is 0.258. The van der Waals surface area contributed by atoms with Crippen LogP contribution in [-0.4, -0.2) is 42.3 Å². The Morgan fingerprint density at radius 3 is 2.00 bits per heavy atom. The highest BCUT2D eigenvalue weighted by Crippen LogP contribution is 2.01. The number of esters is 1. The van der Waals surface area contributed by atoms with Crippen molar-refractivity contribution in [1.29, 1.82) is 0 Å². The van der Waals surface area contributed by atoms with Crippen molar-refractivity contribution in [3.63, 3.8) is 0 Å². The molecular weight excluding hydrogens is 228 g/mol. The van der Waals surface area contributed by atoms with Crippen molar-refractivity contribution in [1.82, 2.24) is 10.6 Å². The molecule has 0 aromatic rings. The van der Waals surface area contributed by atoms with Gasteiger partial charge in [0.2, 0.25) is 0 Å². The largest absolute Gasteiger partial charge is 0.480 e. The van der Waals surface area contributed by atoms with Gasteiger partial charge in [0.25, 0.3) is 0 Å². The van der Waals surface area contributed by atoms with Gasteiger partial charge in [0.05, 0.1) is 7.11 Å². The predicted molar refractivity (Wildman–Crippen MR) is 59.4 cm³/mol. The lowest BCUT2D eigenvalue weighted by Crippen LogP contribution is -2.52. The lowest BCUT2D eigenvalue weighted by molar-refractivity contribution is -0.142. The average Bonchev–Trinajstić information content (AvgIpc) is 2.23. The van der Waals surface area contributed by atoms with Crippen LogP contribution in [0, 0.1) is 5.92 Å². The summed E-state index contributed by atoms with van der Waals surface area (Å²) >= 11 is 0. The van der Waals surface area contributed by atoms with Crippen LogP contribution >= 0.6 is 0 Å². The minimum atomic E-state index is -1.12. The van der Waals surface area contributed by atoms with Crippen LogP contribution in [0.15, 0.2) is 0 Å². The highest BCUT2D eigenvalue weighted by molar-refractivity contribution is 5.86. The molecule has 0 radical (unpaired) electrons. The van der Waals surface area contributed by atoms with E-state index in [1.807, 2.05) is 0 Å². The molecule has 0 aromatic carbocycles. The molecule has 7 nitrogen and oxygen atoms in total. The van der Waals surface area contributed by atoms with Gasteiger partial charge in [0.1, 0.15) is 12.1 Å². The van der Waals surface area contributed by atoms with Crippen molar-refractivity contribution in [3.05, 3.63) is 0 Å². The zero-order chi connectivity index (χ0) is 13.6. The summed E-state index contributed by atoms with van der Waals surface area (Å²) in [6, 6.07) is -2.55. The highest BCUT2D eigenvalue weighted by atomic mass is 16.5. The number of carbonyl (C=O) groups is 3. The molecule has 2 amide bonds. The highest BCUT2D eigenvalue weighted by Gasteiger charge is 2.25. The zero-order valence-corrected chi connectivity index (χ0v) is 10.3.